The number of nitrogens with zero attached hydrogens (tertiary/aromatic N) is 3. The van der Waals surface area contributed by atoms with Crippen LogP contribution in [0.5, 0.6) is 0 Å². The summed E-state index contributed by atoms with van der Waals surface area (Å²) in [5.41, 5.74) is 2.46. The number of aryl methyl sites for hydroxylation is 1. The summed E-state index contributed by atoms with van der Waals surface area (Å²) < 4.78 is 7.71. The second kappa shape index (κ2) is 9.10. The molecule has 2 aliphatic carbocycles. The zero-order chi connectivity index (χ0) is 23.9. The van der Waals surface area contributed by atoms with E-state index in [4.69, 9.17) is 16.3 Å². The van der Waals surface area contributed by atoms with Gasteiger partial charge in [0.25, 0.3) is 5.56 Å². The molecule has 1 aromatic carbocycles. The van der Waals surface area contributed by atoms with Crippen LogP contribution in [0.3, 0.4) is 0 Å². The zero-order valence-electron chi connectivity index (χ0n) is 19.8. The fourth-order valence-electron chi connectivity index (χ4n) is 4.80. The number of halogens is 1. The number of benzene rings is 1. The lowest BCUT2D eigenvalue weighted by atomic mass is 9.90. The Morgan fingerprint density at radius 1 is 1.30 bits per heavy atom. The van der Waals surface area contributed by atoms with E-state index in [0.29, 0.717) is 33.8 Å². The van der Waals surface area contributed by atoms with Crippen LogP contribution in [-0.4, -0.2) is 35.8 Å². The second-order valence-electron chi connectivity index (χ2n) is 9.09. The minimum absolute atomic E-state index is 0.00665. The Bertz CT molecular complexity index is 1200. The molecule has 0 spiro atoms. The molecule has 0 saturated heterocycles. The number of hydrogen-bond acceptors (Lipinski definition) is 5. The molecule has 0 amide bonds. The van der Waals surface area contributed by atoms with Gasteiger partial charge in [-0.3, -0.25) is 9.36 Å². The summed E-state index contributed by atoms with van der Waals surface area (Å²) in [5, 5.41) is 4.10. The van der Waals surface area contributed by atoms with E-state index in [1.54, 1.807) is 11.6 Å². The van der Waals surface area contributed by atoms with Crippen molar-refractivity contribution in [2.24, 2.45) is 18.9 Å². The highest BCUT2D eigenvalue weighted by atomic mass is 35.5. The van der Waals surface area contributed by atoms with Crippen LogP contribution in [0.1, 0.15) is 19.0 Å². The summed E-state index contributed by atoms with van der Waals surface area (Å²) in [6.07, 6.45) is 9.45. The SMILES string of the molecule is C=C(C)O[C@H]1CC2C=CC=CC2C1Nc1c(C)nc(-c2ccc(N(C)C)cc2Cl)c(=O)n1C. The average Bonchev–Trinajstić information content (AvgIpc) is 3.10. The molecule has 1 saturated carbocycles. The highest BCUT2D eigenvalue weighted by molar-refractivity contribution is 6.33. The Morgan fingerprint density at radius 3 is 2.70 bits per heavy atom. The lowest BCUT2D eigenvalue weighted by molar-refractivity contribution is 0.112. The first-order valence-corrected chi connectivity index (χ1v) is 11.5. The third kappa shape index (κ3) is 4.44. The van der Waals surface area contributed by atoms with Crippen LogP contribution >= 0.6 is 11.6 Å². The fourth-order valence-corrected chi connectivity index (χ4v) is 5.07. The summed E-state index contributed by atoms with van der Waals surface area (Å²) in [6, 6.07) is 5.63. The number of rotatable bonds is 6. The largest absolute Gasteiger partial charge is 0.494 e. The summed E-state index contributed by atoms with van der Waals surface area (Å²) >= 11 is 6.54. The minimum Gasteiger partial charge on any atom is -0.494 e. The van der Waals surface area contributed by atoms with Gasteiger partial charge in [0.2, 0.25) is 0 Å². The normalized spacial score (nSPS) is 23.3. The molecule has 174 valence electrons. The third-order valence-electron chi connectivity index (χ3n) is 6.46. The van der Waals surface area contributed by atoms with Crippen molar-refractivity contribution in [3.8, 4) is 11.3 Å². The number of hydrogen-bond donors (Lipinski definition) is 1. The van der Waals surface area contributed by atoms with Gasteiger partial charge in [-0.05, 0) is 44.4 Å². The van der Waals surface area contributed by atoms with Gasteiger partial charge in [-0.25, -0.2) is 4.98 Å². The molecule has 3 unspecified atom stereocenters. The van der Waals surface area contributed by atoms with Crippen molar-refractivity contribution >= 4 is 23.1 Å². The molecular weight excluding hydrogens is 436 g/mol. The molecule has 2 aliphatic rings. The standard InChI is InChI=1S/C26H31ClN4O2/c1-15(2)33-22-13-17-9-7-8-10-19(17)23(22)29-25-16(3)28-24(26(32)31(25)6)20-12-11-18(30(4)5)14-21(20)27/h7-12,14,17,19,22-23,29H,1,13H2,2-6H3/t17?,19?,22-,23?/m0/s1. The van der Waals surface area contributed by atoms with Gasteiger partial charge in [0.05, 0.1) is 22.5 Å². The quantitative estimate of drug-likeness (QED) is 0.611. The van der Waals surface area contributed by atoms with Crippen LogP contribution in [-0.2, 0) is 11.8 Å². The van der Waals surface area contributed by atoms with E-state index in [-0.39, 0.29) is 23.6 Å². The van der Waals surface area contributed by atoms with Gasteiger partial charge < -0.3 is 15.0 Å². The molecule has 1 heterocycles. The second-order valence-corrected chi connectivity index (χ2v) is 9.50. The lowest BCUT2D eigenvalue weighted by Gasteiger charge is -2.29. The smallest absolute Gasteiger partial charge is 0.278 e. The van der Waals surface area contributed by atoms with Crippen LogP contribution in [0, 0.1) is 18.8 Å². The predicted molar refractivity (Wildman–Crippen MR) is 136 cm³/mol. The van der Waals surface area contributed by atoms with Crippen molar-refractivity contribution in [3.63, 3.8) is 0 Å². The molecule has 33 heavy (non-hydrogen) atoms. The Balaban J connectivity index is 1.70. The summed E-state index contributed by atoms with van der Waals surface area (Å²) in [5.74, 6) is 2.03. The first-order chi connectivity index (χ1) is 15.7. The molecular formula is C26H31ClN4O2. The Kier molecular flexibility index (Phi) is 6.39. The molecule has 0 bridgehead atoms. The third-order valence-corrected chi connectivity index (χ3v) is 6.77. The number of ether oxygens (including phenoxy) is 1. The molecule has 0 radical (unpaired) electrons. The number of allylic oxidation sites excluding steroid dienone is 4. The molecule has 2 aromatic rings. The van der Waals surface area contributed by atoms with Gasteiger partial charge in [0.1, 0.15) is 17.6 Å². The highest BCUT2D eigenvalue weighted by Crippen LogP contribution is 2.40. The van der Waals surface area contributed by atoms with Gasteiger partial charge >= 0.3 is 0 Å². The molecule has 7 heteroatoms. The van der Waals surface area contributed by atoms with Crippen LogP contribution in [0.4, 0.5) is 11.5 Å². The van der Waals surface area contributed by atoms with Crippen molar-refractivity contribution in [1.82, 2.24) is 9.55 Å². The van der Waals surface area contributed by atoms with Gasteiger partial charge in [0, 0.05) is 38.3 Å². The average molecular weight is 467 g/mol. The number of nitrogens with one attached hydrogen (secondary N) is 1. The molecule has 4 atom stereocenters. The maximum atomic E-state index is 13.3. The number of anilines is 2. The van der Waals surface area contributed by atoms with Crippen molar-refractivity contribution < 1.29 is 4.74 Å². The summed E-state index contributed by atoms with van der Waals surface area (Å²) in [7, 11) is 5.66. The van der Waals surface area contributed by atoms with Gasteiger partial charge in [0.15, 0.2) is 0 Å². The van der Waals surface area contributed by atoms with E-state index >= 15 is 0 Å². The Morgan fingerprint density at radius 2 is 2.03 bits per heavy atom. The fraction of sp³-hybridized carbons (Fsp3) is 0.385. The van der Waals surface area contributed by atoms with Crippen molar-refractivity contribution in [1.29, 1.82) is 0 Å². The first kappa shape index (κ1) is 23.2. The summed E-state index contributed by atoms with van der Waals surface area (Å²) in [6.45, 7) is 7.70. The molecule has 0 aliphatic heterocycles. The van der Waals surface area contributed by atoms with E-state index in [9.17, 15) is 4.79 Å². The van der Waals surface area contributed by atoms with Crippen LogP contribution < -0.4 is 15.8 Å². The van der Waals surface area contributed by atoms with Crippen LogP contribution in [0.25, 0.3) is 11.3 Å². The first-order valence-electron chi connectivity index (χ1n) is 11.2. The van der Waals surface area contributed by atoms with Crippen LogP contribution in [0.15, 0.2) is 59.6 Å². The molecule has 1 aromatic heterocycles. The maximum absolute atomic E-state index is 13.3. The molecule has 1 fully saturated rings. The van der Waals surface area contributed by atoms with Crippen molar-refractivity contribution in [3.05, 3.63) is 75.9 Å². The van der Waals surface area contributed by atoms with Crippen LogP contribution in [0.2, 0.25) is 5.02 Å². The molecule has 1 N–H and O–H groups in total. The highest BCUT2D eigenvalue weighted by Gasteiger charge is 2.43. The number of aromatic nitrogens is 2. The molecule has 4 rings (SSSR count). The van der Waals surface area contributed by atoms with E-state index in [1.807, 2.05) is 51.0 Å². The van der Waals surface area contributed by atoms with E-state index in [2.05, 4.69) is 41.2 Å². The van der Waals surface area contributed by atoms with Crippen molar-refractivity contribution in [2.75, 3.05) is 24.3 Å². The topological polar surface area (TPSA) is 59.4 Å². The number of fused-ring (bicyclic) bond motifs is 1. The minimum atomic E-state index is -0.200. The Hall–Kier alpha value is -2.99. The monoisotopic (exact) mass is 466 g/mol. The van der Waals surface area contributed by atoms with Gasteiger partial charge in [-0.15, -0.1) is 0 Å². The van der Waals surface area contributed by atoms with Gasteiger partial charge in [-0.1, -0.05) is 42.5 Å². The predicted octanol–water partition coefficient (Wildman–Crippen LogP) is 4.94. The van der Waals surface area contributed by atoms with E-state index in [1.165, 1.54) is 0 Å². The van der Waals surface area contributed by atoms with Crippen molar-refractivity contribution in [2.45, 2.75) is 32.4 Å². The molecule has 6 nitrogen and oxygen atoms in total. The summed E-state index contributed by atoms with van der Waals surface area (Å²) in [4.78, 5) is 20.0. The van der Waals surface area contributed by atoms with E-state index in [0.717, 1.165) is 17.8 Å². The lowest BCUT2D eigenvalue weighted by Crippen LogP contribution is -2.38. The van der Waals surface area contributed by atoms with E-state index < -0.39 is 0 Å². The Labute approximate surface area is 200 Å². The van der Waals surface area contributed by atoms with Gasteiger partial charge in [-0.2, -0.15) is 0 Å². The zero-order valence-corrected chi connectivity index (χ0v) is 20.6. The maximum Gasteiger partial charge on any atom is 0.278 e.